The average molecular weight is 354 g/mol. The third-order valence-corrected chi connectivity index (χ3v) is 5.14. The molecule has 1 aliphatic heterocycles. The van der Waals surface area contributed by atoms with Gasteiger partial charge in [0.25, 0.3) is 5.91 Å². The molecule has 2 heterocycles. The topological polar surface area (TPSA) is 67.2 Å². The normalized spacial score (nSPS) is 21.3. The molecule has 1 saturated heterocycles. The fraction of sp³-hybridized carbons (Fsp3) is 0.450. The summed E-state index contributed by atoms with van der Waals surface area (Å²) < 4.78 is 2.07. The van der Waals surface area contributed by atoms with Crippen LogP contribution in [0.15, 0.2) is 43.0 Å². The van der Waals surface area contributed by atoms with Gasteiger partial charge in [0.1, 0.15) is 6.04 Å². The Bertz CT molecular complexity index is 772. The molecule has 0 saturated carbocycles. The van der Waals surface area contributed by atoms with Crippen molar-refractivity contribution >= 4 is 11.8 Å². The van der Waals surface area contributed by atoms with Crippen LogP contribution >= 0.6 is 0 Å². The van der Waals surface area contributed by atoms with Gasteiger partial charge in [0.05, 0.1) is 12.4 Å². The first-order valence-electron chi connectivity index (χ1n) is 9.09. The molecule has 1 N–H and O–H groups in total. The molecule has 1 aromatic carbocycles. The number of hydrogen-bond donors (Lipinski definition) is 1. The van der Waals surface area contributed by atoms with Crippen molar-refractivity contribution in [1.82, 2.24) is 19.8 Å². The maximum absolute atomic E-state index is 12.8. The van der Waals surface area contributed by atoms with Crippen molar-refractivity contribution in [2.45, 2.75) is 39.3 Å². The first-order valence-corrected chi connectivity index (χ1v) is 9.09. The summed E-state index contributed by atoms with van der Waals surface area (Å²) in [5.41, 5.74) is 1.60. The minimum Gasteiger partial charge on any atom is -0.341 e. The molecule has 1 aliphatic rings. The summed E-state index contributed by atoms with van der Waals surface area (Å²) in [6, 6.07) is 7.03. The zero-order chi connectivity index (χ0) is 18.7. The van der Waals surface area contributed by atoms with Crippen LogP contribution in [0.2, 0.25) is 0 Å². The zero-order valence-electron chi connectivity index (χ0n) is 15.6. The first-order chi connectivity index (χ1) is 12.5. The summed E-state index contributed by atoms with van der Waals surface area (Å²) in [6.07, 6.45) is 6.45. The number of carbonyl (C=O) groups is 2. The molecule has 1 aromatic heterocycles. The Hall–Kier alpha value is -2.63. The molecule has 0 radical (unpaired) electrons. The number of imidazole rings is 1. The molecule has 2 amide bonds. The van der Waals surface area contributed by atoms with E-state index in [0.717, 1.165) is 18.5 Å². The summed E-state index contributed by atoms with van der Waals surface area (Å²) in [5.74, 6) is 0.222. The molecule has 0 aliphatic carbocycles. The number of aryl methyl sites for hydroxylation is 1. The molecular weight excluding hydrogens is 328 g/mol. The van der Waals surface area contributed by atoms with Gasteiger partial charge in [0.2, 0.25) is 5.91 Å². The Morgan fingerprint density at radius 3 is 2.85 bits per heavy atom. The van der Waals surface area contributed by atoms with Crippen molar-refractivity contribution in [2.24, 2.45) is 5.92 Å². The predicted molar refractivity (Wildman–Crippen MR) is 99.7 cm³/mol. The third kappa shape index (κ3) is 3.95. The van der Waals surface area contributed by atoms with E-state index in [1.807, 2.05) is 36.2 Å². The van der Waals surface area contributed by atoms with Crippen LogP contribution in [-0.2, 0) is 4.79 Å². The van der Waals surface area contributed by atoms with Gasteiger partial charge in [-0.05, 0) is 38.3 Å². The van der Waals surface area contributed by atoms with E-state index in [4.69, 9.17) is 0 Å². The summed E-state index contributed by atoms with van der Waals surface area (Å²) in [4.78, 5) is 31.2. The van der Waals surface area contributed by atoms with Crippen LogP contribution in [-0.4, -0.2) is 45.4 Å². The quantitative estimate of drug-likeness (QED) is 0.917. The Morgan fingerprint density at radius 1 is 1.35 bits per heavy atom. The highest BCUT2D eigenvalue weighted by atomic mass is 16.2. The van der Waals surface area contributed by atoms with Gasteiger partial charge in [-0.2, -0.15) is 0 Å². The van der Waals surface area contributed by atoms with Crippen LogP contribution in [0.25, 0.3) is 0 Å². The maximum atomic E-state index is 12.8. The number of rotatable bonds is 4. The number of nitrogens with one attached hydrogen (secondary N) is 1. The van der Waals surface area contributed by atoms with E-state index in [9.17, 15) is 9.59 Å². The number of hydrogen-bond acceptors (Lipinski definition) is 3. The largest absolute Gasteiger partial charge is 0.341 e. The number of benzene rings is 1. The van der Waals surface area contributed by atoms with E-state index in [-0.39, 0.29) is 17.9 Å². The Balaban J connectivity index is 1.63. The highest BCUT2D eigenvalue weighted by Crippen LogP contribution is 2.27. The molecule has 0 spiro atoms. The standard InChI is InChI=1S/C20H26N4O2/c1-14-5-4-6-17(11-14)19(25)22-16(3)20(26)23-9-7-15(2)18(12-23)24-10-8-21-13-24/h4-6,8,10-11,13,15-16,18H,7,9,12H2,1-3H3,(H,22,25). The van der Waals surface area contributed by atoms with Gasteiger partial charge in [0, 0.05) is 31.0 Å². The van der Waals surface area contributed by atoms with Crippen molar-refractivity contribution < 1.29 is 9.59 Å². The number of piperidine rings is 1. The van der Waals surface area contributed by atoms with Crippen molar-refractivity contribution in [1.29, 1.82) is 0 Å². The monoisotopic (exact) mass is 354 g/mol. The molecule has 0 bridgehead atoms. The van der Waals surface area contributed by atoms with E-state index in [0.29, 0.717) is 18.0 Å². The molecular formula is C20H26N4O2. The average Bonchev–Trinajstić information content (AvgIpc) is 3.16. The molecule has 3 rings (SSSR count). The molecule has 26 heavy (non-hydrogen) atoms. The van der Waals surface area contributed by atoms with Crippen LogP contribution in [0.1, 0.15) is 42.2 Å². The second-order valence-corrected chi connectivity index (χ2v) is 7.19. The second kappa shape index (κ2) is 7.72. The highest BCUT2D eigenvalue weighted by Gasteiger charge is 2.32. The van der Waals surface area contributed by atoms with Gasteiger partial charge in [0.15, 0.2) is 0 Å². The maximum Gasteiger partial charge on any atom is 0.251 e. The number of aromatic nitrogens is 2. The van der Waals surface area contributed by atoms with E-state index < -0.39 is 6.04 Å². The van der Waals surface area contributed by atoms with E-state index in [1.165, 1.54) is 0 Å². The second-order valence-electron chi connectivity index (χ2n) is 7.19. The molecule has 6 heteroatoms. The van der Waals surface area contributed by atoms with Crippen molar-refractivity contribution in [3.63, 3.8) is 0 Å². The van der Waals surface area contributed by atoms with E-state index in [1.54, 1.807) is 25.5 Å². The van der Waals surface area contributed by atoms with Crippen molar-refractivity contribution in [2.75, 3.05) is 13.1 Å². The number of likely N-dealkylation sites (tertiary alicyclic amines) is 1. The van der Waals surface area contributed by atoms with E-state index >= 15 is 0 Å². The van der Waals surface area contributed by atoms with Crippen LogP contribution in [0.5, 0.6) is 0 Å². The third-order valence-electron chi connectivity index (χ3n) is 5.14. The van der Waals surface area contributed by atoms with Crippen LogP contribution in [0.4, 0.5) is 0 Å². The fourth-order valence-corrected chi connectivity index (χ4v) is 3.50. The molecule has 3 atom stereocenters. The minimum absolute atomic E-state index is 0.0389. The SMILES string of the molecule is Cc1cccc(C(=O)NC(C)C(=O)N2CCC(C)C(n3ccnc3)C2)c1. The zero-order valence-corrected chi connectivity index (χ0v) is 15.6. The molecule has 2 aromatic rings. The molecule has 138 valence electrons. The Kier molecular flexibility index (Phi) is 5.40. The lowest BCUT2D eigenvalue weighted by molar-refractivity contribution is -0.135. The highest BCUT2D eigenvalue weighted by molar-refractivity contribution is 5.97. The fourth-order valence-electron chi connectivity index (χ4n) is 3.50. The molecule has 6 nitrogen and oxygen atoms in total. The molecule has 1 fully saturated rings. The van der Waals surface area contributed by atoms with Gasteiger partial charge < -0.3 is 14.8 Å². The smallest absolute Gasteiger partial charge is 0.251 e. The lowest BCUT2D eigenvalue weighted by Gasteiger charge is -2.38. The van der Waals surface area contributed by atoms with Crippen LogP contribution in [0.3, 0.4) is 0 Å². The van der Waals surface area contributed by atoms with Gasteiger partial charge in [-0.1, -0.05) is 24.6 Å². The van der Waals surface area contributed by atoms with Gasteiger partial charge in [-0.3, -0.25) is 9.59 Å². The summed E-state index contributed by atoms with van der Waals surface area (Å²) in [7, 11) is 0. The summed E-state index contributed by atoms with van der Waals surface area (Å²) >= 11 is 0. The van der Waals surface area contributed by atoms with Crippen molar-refractivity contribution in [3.8, 4) is 0 Å². The number of nitrogens with zero attached hydrogens (tertiary/aromatic N) is 3. The Morgan fingerprint density at radius 2 is 2.15 bits per heavy atom. The lowest BCUT2D eigenvalue weighted by atomic mass is 9.93. The summed E-state index contributed by atoms with van der Waals surface area (Å²) in [6.45, 7) is 7.25. The van der Waals surface area contributed by atoms with Crippen molar-refractivity contribution in [3.05, 3.63) is 54.1 Å². The summed E-state index contributed by atoms with van der Waals surface area (Å²) in [5, 5.41) is 2.83. The van der Waals surface area contributed by atoms with Gasteiger partial charge in [-0.15, -0.1) is 0 Å². The number of carbonyl (C=O) groups excluding carboxylic acids is 2. The van der Waals surface area contributed by atoms with Gasteiger partial charge in [-0.25, -0.2) is 4.98 Å². The lowest BCUT2D eigenvalue weighted by Crippen LogP contribution is -2.51. The van der Waals surface area contributed by atoms with Crippen LogP contribution < -0.4 is 5.32 Å². The van der Waals surface area contributed by atoms with Gasteiger partial charge >= 0.3 is 0 Å². The Labute approximate surface area is 154 Å². The first kappa shape index (κ1) is 18.2. The number of amides is 2. The minimum atomic E-state index is -0.556. The van der Waals surface area contributed by atoms with E-state index in [2.05, 4.69) is 21.8 Å². The predicted octanol–water partition coefficient (Wildman–Crippen LogP) is 2.42. The molecule has 3 unspecified atom stereocenters. The van der Waals surface area contributed by atoms with Crippen LogP contribution in [0, 0.1) is 12.8 Å².